The van der Waals surface area contributed by atoms with Crippen LogP contribution in [0.3, 0.4) is 0 Å². The SMILES string of the molecule is COc1ccc(NC(=O)C(C)(C)C)nc1Nc1ncc(C(=O)Nc2c(C)ccc(O)c2C)s1. The summed E-state index contributed by atoms with van der Waals surface area (Å²) in [7, 11) is 1.51. The highest BCUT2D eigenvalue weighted by Gasteiger charge is 2.22. The highest BCUT2D eigenvalue weighted by atomic mass is 32.1. The fourth-order valence-corrected chi connectivity index (χ4v) is 3.53. The summed E-state index contributed by atoms with van der Waals surface area (Å²) in [5.41, 5.74) is 1.42. The molecule has 9 nitrogen and oxygen atoms in total. The molecular weight excluding hydrogens is 442 g/mol. The standard InChI is InChI=1S/C23H27N5O4S/c1-12-7-8-14(29)13(2)18(12)27-20(30)16-11-24-22(33-16)28-19-15(32-6)9-10-17(25-19)26-21(31)23(3,4)5/h7-11,29H,1-6H3,(H,27,30)(H2,24,25,26,28,31). The van der Waals surface area contributed by atoms with E-state index in [2.05, 4.69) is 25.9 Å². The number of hydrogen-bond acceptors (Lipinski definition) is 8. The number of nitrogens with zero attached hydrogens (tertiary/aromatic N) is 2. The van der Waals surface area contributed by atoms with Crippen LogP contribution in [0.25, 0.3) is 0 Å². The van der Waals surface area contributed by atoms with Crippen molar-refractivity contribution in [1.82, 2.24) is 9.97 Å². The normalized spacial score (nSPS) is 11.1. The van der Waals surface area contributed by atoms with Crippen LogP contribution in [0, 0.1) is 19.3 Å². The molecule has 1 aromatic carbocycles. The zero-order chi connectivity index (χ0) is 24.3. The van der Waals surface area contributed by atoms with Crippen molar-refractivity contribution in [1.29, 1.82) is 0 Å². The number of carbonyl (C=O) groups excluding carboxylic acids is 2. The topological polar surface area (TPSA) is 125 Å². The number of phenols is 1. The average molecular weight is 470 g/mol. The average Bonchev–Trinajstić information content (AvgIpc) is 3.22. The molecule has 2 aromatic heterocycles. The molecule has 0 saturated heterocycles. The monoisotopic (exact) mass is 469 g/mol. The summed E-state index contributed by atoms with van der Waals surface area (Å²) in [6.45, 7) is 9.03. The van der Waals surface area contributed by atoms with Crippen LogP contribution in [-0.4, -0.2) is 34.0 Å². The van der Waals surface area contributed by atoms with Gasteiger partial charge in [0, 0.05) is 11.0 Å². The van der Waals surface area contributed by atoms with Gasteiger partial charge in [-0.1, -0.05) is 38.2 Å². The van der Waals surface area contributed by atoms with E-state index in [1.807, 2.05) is 27.7 Å². The zero-order valence-electron chi connectivity index (χ0n) is 19.4. The van der Waals surface area contributed by atoms with Crippen molar-refractivity contribution in [3.8, 4) is 11.5 Å². The largest absolute Gasteiger partial charge is 0.508 e. The van der Waals surface area contributed by atoms with Gasteiger partial charge in [0.25, 0.3) is 5.91 Å². The predicted molar refractivity (Wildman–Crippen MR) is 130 cm³/mol. The number of phenolic OH excluding ortho intramolecular Hbond substituents is 1. The molecule has 174 valence electrons. The summed E-state index contributed by atoms with van der Waals surface area (Å²) in [5, 5.41) is 19.0. The number of hydrogen-bond donors (Lipinski definition) is 4. The third kappa shape index (κ3) is 5.58. The first-order chi connectivity index (χ1) is 15.5. The van der Waals surface area contributed by atoms with Crippen molar-refractivity contribution < 1.29 is 19.4 Å². The number of aromatic hydroxyl groups is 1. The molecule has 0 spiro atoms. The summed E-state index contributed by atoms with van der Waals surface area (Å²) in [6.07, 6.45) is 1.45. The van der Waals surface area contributed by atoms with Gasteiger partial charge >= 0.3 is 0 Å². The Labute approximate surface area is 196 Å². The van der Waals surface area contributed by atoms with Gasteiger partial charge in [0.1, 0.15) is 16.4 Å². The van der Waals surface area contributed by atoms with Crippen LogP contribution in [0.4, 0.5) is 22.5 Å². The summed E-state index contributed by atoms with van der Waals surface area (Å²) in [4.78, 5) is 34.1. The Morgan fingerprint density at radius 2 is 1.82 bits per heavy atom. The van der Waals surface area contributed by atoms with Crippen molar-refractivity contribution in [3.05, 3.63) is 46.5 Å². The van der Waals surface area contributed by atoms with Crippen LogP contribution in [-0.2, 0) is 4.79 Å². The van der Waals surface area contributed by atoms with Gasteiger partial charge < -0.3 is 25.8 Å². The van der Waals surface area contributed by atoms with Crippen molar-refractivity contribution >= 4 is 45.6 Å². The number of carbonyl (C=O) groups is 2. The van der Waals surface area contributed by atoms with Gasteiger partial charge in [-0.3, -0.25) is 9.59 Å². The lowest BCUT2D eigenvalue weighted by Crippen LogP contribution is -2.28. The molecule has 33 heavy (non-hydrogen) atoms. The first-order valence-electron chi connectivity index (χ1n) is 10.2. The van der Waals surface area contributed by atoms with Crippen molar-refractivity contribution in [2.24, 2.45) is 5.41 Å². The molecule has 0 saturated carbocycles. The fraction of sp³-hybridized carbons (Fsp3) is 0.304. The van der Waals surface area contributed by atoms with E-state index in [9.17, 15) is 14.7 Å². The molecular formula is C23H27N5O4S. The molecule has 2 heterocycles. The van der Waals surface area contributed by atoms with E-state index in [0.29, 0.717) is 38.6 Å². The van der Waals surface area contributed by atoms with E-state index in [0.717, 1.165) is 16.9 Å². The number of nitrogens with one attached hydrogen (secondary N) is 3. The lowest BCUT2D eigenvalue weighted by atomic mass is 9.96. The quantitative estimate of drug-likeness (QED) is 0.407. The minimum atomic E-state index is -0.570. The Kier molecular flexibility index (Phi) is 6.87. The lowest BCUT2D eigenvalue weighted by Gasteiger charge is -2.18. The Balaban J connectivity index is 1.79. The molecule has 0 aliphatic rings. The number of amides is 2. The highest BCUT2D eigenvalue weighted by Crippen LogP contribution is 2.32. The Hall–Kier alpha value is -3.66. The third-order valence-electron chi connectivity index (χ3n) is 4.84. The van der Waals surface area contributed by atoms with Gasteiger partial charge in [0.15, 0.2) is 16.7 Å². The van der Waals surface area contributed by atoms with Crippen molar-refractivity contribution in [3.63, 3.8) is 0 Å². The van der Waals surface area contributed by atoms with Crippen LogP contribution in [0.15, 0.2) is 30.5 Å². The van der Waals surface area contributed by atoms with Gasteiger partial charge in [-0.25, -0.2) is 9.97 Å². The van der Waals surface area contributed by atoms with E-state index in [1.54, 1.807) is 31.2 Å². The van der Waals surface area contributed by atoms with Crippen molar-refractivity contribution in [2.45, 2.75) is 34.6 Å². The van der Waals surface area contributed by atoms with Crippen LogP contribution >= 0.6 is 11.3 Å². The number of benzene rings is 1. The molecule has 0 aliphatic heterocycles. The molecule has 3 aromatic rings. The molecule has 4 N–H and O–H groups in total. The molecule has 2 amide bonds. The highest BCUT2D eigenvalue weighted by molar-refractivity contribution is 7.17. The molecule has 3 rings (SSSR count). The molecule has 0 bridgehead atoms. The molecule has 0 aliphatic carbocycles. The van der Waals surface area contributed by atoms with Gasteiger partial charge in [0.05, 0.1) is 19.0 Å². The van der Waals surface area contributed by atoms with Crippen LogP contribution in [0.1, 0.15) is 41.6 Å². The first-order valence-corrected chi connectivity index (χ1v) is 11.0. The lowest BCUT2D eigenvalue weighted by molar-refractivity contribution is -0.123. The Bertz CT molecular complexity index is 1200. The van der Waals surface area contributed by atoms with E-state index in [1.165, 1.54) is 13.3 Å². The second-order valence-electron chi connectivity index (χ2n) is 8.46. The van der Waals surface area contributed by atoms with Crippen molar-refractivity contribution in [2.75, 3.05) is 23.1 Å². The summed E-state index contributed by atoms with van der Waals surface area (Å²) >= 11 is 1.13. The number of aromatic nitrogens is 2. The Morgan fingerprint density at radius 3 is 2.48 bits per heavy atom. The minimum Gasteiger partial charge on any atom is -0.508 e. The number of ether oxygens (including phenoxy) is 1. The second kappa shape index (κ2) is 9.45. The van der Waals surface area contributed by atoms with E-state index < -0.39 is 5.41 Å². The van der Waals surface area contributed by atoms with Crippen LogP contribution in [0.5, 0.6) is 11.5 Å². The first kappa shape index (κ1) is 24.0. The molecule has 0 atom stereocenters. The van der Waals surface area contributed by atoms with E-state index >= 15 is 0 Å². The van der Waals surface area contributed by atoms with Gasteiger partial charge in [0.2, 0.25) is 5.91 Å². The van der Waals surface area contributed by atoms with Gasteiger partial charge in [-0.2, -0.15) is 0 Å². The molecule has 10 heteroatoms. The summed E-state index contributed by atoms with van der Waals surface area (Å²) in [5.74, 6) is 0.767. The molecule has 0 fully saturated rings. The smallest absolute Gasteiger partial charge is 0.267 e. The zero-order valence-corrected chi connectivity index (χ0v) is 20.2. The second-order valence-corrected chi connectivity index (χ2v) is 9.49. The fourth-order valence-electron chi connectivity index (χ4n) is 2.82. The van der Waals surface area contributed by atoms with Crippen LogP contribution < -0.4 is 20.7 Å². The van der Waals surface area contributed by atoms with E-state index in [-0.39, 0.29) is 17.6 Å². The van der Waals surface area contributed by atoms with E-state index in [4.69, 9.17) is 4.74 Å². The van der Waals surface area contributed by atoms with Crippen LogP contribution in [0.2, 0.25) is 0 Å². The number of anilines is 4. The maximum Gasteiger partial charge on any atom is 0.267 e. The van der Waals surface area contributed by atoms with Gasteiger partial charge in [-0.05, 0) is 37.6 Å². The maximum atomic E-state index is 12.8. The number of aryl methyl sites for hydroxylation is 1. The Morgan fingerprint density at radius 1 is 1.09 bits per heavy atom. The molecule has 0 radical (unpaired) electrons. The molecule has 0 unspecified atom stereocenters. The predicted octanol–water partition coefficient (Wildman–Crippen LogP) is 4.85. The summed E-state index contributed by atoms with van der Waals surface area (Å²) < 4.78 is 5.35. The maximum absolute atomic E-state index is 12.8. The number of thiazole rings is 1. The summed E-state index contributed by atoms with van der Waals surface area (Å²) in [6, 6.07) is 6.66. The number of rotatable bonds is 6. The number of methoxy groups -OCH3 is 1. The third-order valence-corrected chi connectivity index (χ3v) is 5.75. The van der Waals surface area contributed by atoms with Gasteiger partial charge in [-0.15, -0.1) is 0 Å². The number of pyridine rings is 1. The minimum absolute atomic E-state index is 0.110.